The molecule has 1 aliphatic heterocycles. The molecule has 1 N–H and O–H groups in total. The molecule has 0 saturated heterocycles. The Bertz CT molecular complexity index is 807. The van der Waals surface area contributed by atoms with Crippen molar-refractivity contribution >= 4 is 35.0 Å². The minimum atomic E-state index is -0.427. The van der Waals surface area contributed by atoms with Gasteiger partial charge in [0.25, 0.3) is 0 Å². The highest BCUT2D eigenvalue weighted by Crippen LogP contribution is 2.36. The van der Waals surface area contributed by atoms with Gasteiger partial charge in [0.1, 0.15) is 11.9 Å². The molecule has 7 heteroatoms. The number of carbonyl (C=O) groups excluding carboxylic acids is 2. The van der Waals surface area contributed by atoms with Crippen LogP contribution in [0.1, 0.15) is 17.3 Å². The number of ether oxygens (including phenoxy) is 2. The van der Waals surface area contributed by atoms with Gasteiger partial charge in [-0.3, -0.25) is 4.90 Å². The van der Waals surface area contributed by atoms with Crippen molar-refractivity contribution in [1.29, 1.82) is 0 Å². The van der Waals surface area contributed by atoms with Crippen LogP contribution in [-0.2, 0) is 4.74 Å². The van der Waals surface area contributed by atoms with Gasteiger partial charge in [-0.05, 0) is 49.4 Å². The van der Waals surface area contributed by atoms with E-state index < -0.39 is 5.97 Å². The minimum Gasteiger partial charge on any atom is -0.487 e. The molecule has 1 heterocycles. The maximum atomic E-state index is 12.7. The molecule has 25 heavy (non-hydrogen) atoms. The highest BCUT2D eigenvalue weighted by molar-refractivity contribution is 6.31. The van der Waals surface area contributed by atoms with E-state index in [-0.39, 0.29) is 12.1 Å². The number of methoxy groups -OCH3 is 1. The quantitative estimate of drug-likeness (QED) is 0.823. The third-order valence-electron chi connectivity index (χ3n) is 3.78. The fraction of sp³-hybridized carbons (Fsp3) is 0.222. The Morgan fingerprint density at radius 3 is 2.64 bits per heavy atom. The van der Waals surface area contributed by atoms with Crippen LogP contribution in [0.15, 0.2) is 42.5 Å². The zero-order valence-electron chi connectivity index (χ0n) is 13.8. The number of carbonyl (C=O) groups is 2. The van der Waals surface area contributed by atoms with Crippen molar-refractivity contribution < 1.29 is 19.1 Å². The highest BCUT2D eigenvalue weighted by atomic mass is 35.5. The molecule has 0 saturated carbocycles. The summed E-state index contributed by atoms with van der Waals surface area (Å²) in [6.45, 7) is 2.29. The van der Waals surface area contributed by atoms with Gasteiger partial charge in [0.05, 0.1) is 24.9 Å². The van der Waals surface area contributed by atoms with Gasteiger partial charge in [-0.15, -0.1) is 0 Å². The lowest BCUT2D eigenvalue weighted by Crippen LogP contribution is -2.44. The van der Waals surface area contributed by atoms with E-state index in [2.05, 4.69) is 10.1 Å². The number of benzene rings is 2. The summed E-state index contributed by atoms with van der Waals surface area (Å²) in [5, 5.41) is 3.34. The van der Waals surface area contributed by atoms with E-state index >= 15 is 0 Å². The molecule has 3 rings (SSSR count). The van der Waals surface area contributed by atoms with E-state index in [0.717, 1.165) is 0 Å². The molecule has 0 spiro atoms. The Morgan fingerprint density at radius 1 is 1.24 bits per heavy atom. The summed E-state index contributed by atoms with van der Waals surface area (Å²) in [6.07, 6.45) is -0.138. The number of amides is 2. The Kier molecular flexibility index (Phi) is 4.81. The maximum Gasteiger partial charge on any atom is 0.337 e. The molecule has 0 unspecified atom stereocenters. The molecule has 6 nitrogen and oxygen atoms in total. The van der Waals surface area contributed by atoms with Crippen LogP contribution in [0.3, 0.4) is 0 Å². The number of anilines is 2. The molecule has 1 atom stereocenters. The number of halogens is 1. The van der Waals surface area contributed by atoms with Crippen molar-refractivity contribution in [2.75, 3.05) is 23.9 Å². The van der Waals surface area contributed by atoms with Gasteiger partial charge in [-0.2, -0.15) is 0 Å². The second-order valence-electron chi connectivity index (χ2n) is 5.65. The van der Waals surface area contributed by atoms with E-state index in [9.17, 15) is 9.59 Å². The Morgan fingerprint density at radius 2 is 1.96 bits per heavy atom. The predicted molar refractivity (Wildman–Crippen MR) is 95.7 cm³/mol. The Hall–Kier alpha value is -2.73. The lowest BCUT2D eigenvalue weighted by Gasteiger charge is -2.33. The number of rotatable bonds is 2. The molecule has 0 fully saturated rings. The lowest BCUT2D eigenvalue weighted by molar-refractivity contribution is 0.0600. The summed E-state index contributed by atoms with van der Waals surface area (Å²) in [7, 11) is 1.32. The van der Waals surface area contributed by atoms with Gasteiger partial charge in [0.15, 0.2) is 0 Å². The molecule has 1 aliphatic rings. The second kappa shape index (κ2) is 7.03. The van der Waals surface area contributed by atoms with E-state index in [1.807, 2.05) is 6.92 Å². The van der Waals surface area contributed by atoms with Crippen molar-refractivity contribution in [2.24, 2.45) is 0 Å². The number of esters is 1. The van der Waals surface area contributed by atoms with Crippen LogP contribution in [0.5, 0.6) is 5.75 Å². The summed E-state index contributed by atoms with van der Waals surface area (Å²) in [5.41, 5.74) is 1.60. The number of fused-ring (bicyclic) bond motifs is 1. The van der Waals surface area contributed by atoms with Gasteiger partial charge < -0.3 is 14.8 Å². The van der Waals surface area contributed by atoms with E-state index in [1.165, 1.54) is 7.11 Å². The standard InChI is InChI=1S/C18H17ClN2O4/c1-11-10-21(15-9-13(19)5-8-16(15)25-11)18(23)20-14-6-3-12(4-7-14)17(22)24-2/h3-9,11H,10H2,1-2H3,(H,20,23)/t11-/m1/s1. The van der Waals surface area contributed by atoms with E-state index in [0.29, 0.717) is 34.3 Å². The average Bonchev–Trinajstić information content (AvgIpc) is 2.61. The van der Waals surface area contributed by atoms with Crippen molar-refractivity contribution in [3.8, 4) is 5.75 Å². The normalized spacial score (nSPS) is 15.8. The molecule has 0 aromatic heterocycles. The number of hydrogen-bond donors (Lipinski definition) is 1. The number of nitrogens with one attached hydrogen (secondary N) is 1. The van der Waals surface area contributed by atoms with Gasteiger partial charge in [-0.25, -0.2) is 9.59 Å². The van der Waals surface area contributed by atoms with Crippen LogP contribution in [0.2, 0.25) is 5.02 Å². The Balaban J connectivity index is 1.80. The average molecular weight is 361 g/mol. The van der Waals surface area contributed by atoms with Gasteiger partial charge in [0.2, 0.25) is 0 Å². The van der Waals surface area contributed by atoms with Crippen molar-refractivity contribution in [1.82, 2.24) is 0 Å². The summed E-state index contributed by atoms with van der Waals surface area (Å²) in [4.78, 5) is 25.7. The molecule has 0 radical (unpaired) electrons. The lowest BCUT2D eigenvalue weighted by atomic mass is 10.2. The zero-order valence-corrected chi connectivity index (χ0v) is 14.5. The fourth-order valence-electron chi connectivity index (χ4n) is 2.60. The topological polar surface area (TPSA) is 67.9 Å². The molecular weight excluding hydrogens is 344 g/mol. The number of urea groups is 1. The van der Waals surface area contributed by atoms with Crippen LogP contribution in [0.25, 0.3) is 0 Å². The Labute approximate surface area is 150 Å². The van der Waals surface area contributed by atoms with Gasteiger partial charge >= 0.3 is 12.0 Å². The first kappa shape index (κ1) is 17.1. The molecule has 0 bridgehead atoms. The first-order chi connectivity index (χ1) is 12.0. The van der Waals surface area contributed by atoms with Crippen LogP contribution in [0, 0.1) is 0 Å². The van der Waals surface area contributed by atoms with Crippen LogP contribution >= 0.6 is 11.6 Å². The largest absolute Gasteiger partial charge is 0.487 e. The van der Waals surface area contributed by atoms with E-state index in [1.54, 1.807) is 47.4 Å². The first-order valence-corrected chi connectivity index (χ1v) is 8.09. The fourth-order valence-corrected chi connectivity index (χ4v) is 2.77. The molecule has 2 aromatic carbocycles. The molecule has 130 valence electrons. The highest BCUT2D eigenvalue weighted by Gasteiger charge is 2.28. The third kappa shape index (κ3) is 3.69. The van der Waals surface area contributed by atoms with E-state index in [4.69, 9.17) is 16.3 Å². The predicted octanol–water partition coefficient (Wildman–Crippen LogP) is 3.95. The van der Waals surface area contributed by atoms with Crippen molar-refractivity contribution in [2.45, 2.75) is 13.0 Å². The summed E-state index contributed by atoms with van der Waals surface area (Å²) in [6, 6.07) is 11.3. The van der Waals surface area contributed by atoms with Crippen LogP contribution in [-0.4, -0.2) is 31.8 Å². The maximum absolute atomic E-state index is 12.7. The molecule has 2 amide bonds. The second-order valence-corrected chi connectivity index (χ2v) is 6.09. The molecule has 2 aromatic rings. The van der Waals surface area contributed by atoms with Crippen LogP contribution in [0.4, 0.5) is 16.2 Å². The number of hydrogen-bond acceptors (Lipinski definition) is 4. The van der Waals surface area contributed by atoms with Crippen molar-refractivity contribution in [3.05, 3.63) is 53.1 Å². The molecule has 0 aliphatic carbocycles. The monoisotopic (exact) mass is 360 g/mol. The first-order valence-electron chi connectivity index (χ1n) is 7.71. The van der Waals surface area contributed by atoms with Gasteiger partial charge in [0, 0.05) is 10.7 Å². The van der Waals surface area contributed by atoms with Crippen LogP contribution < -0.4 is 15.0 Å². The molecular formula is C18H17ClN2O4. The van der Waals surface area contributed by atoms with Gasteiger partial charge in [-0.1, -0.05) is 11.6 Å². The summed E-state index contributed by atoms with van der Waals surface area (Å²) >= 11 is 6.05. The van der Waals surface area contributed by atoms with Crippen molar-refractivity contribution in [3.63, 3.8) is 0 Å². The third-order valence-corrected chi connectivity index (χ3v) is 4.02. The smallest absolute Gasteiger partial charge is 0.337 e. The zero-order chi connectivity index (χ0) is 18.0. The SMILES string of the molecule is COC(=O)c1ccc(NC(=O)N2C[C@@H](C)Oc3ccc(Cl)cc32)cc1. The summed E-state index contributed by atoms with van der Waals surface area (Å²) in [5.74, 6) is 0.183. The minimum absolute atomic E-state index is 0.138. The number of nitrogens with zero attached hydrogens (tertiary/aromatic N) is 1. The summed E-state index contributed by atoms with van der Waals surface area (Å²) < 4.78 is 10.4.